The van der Waals surface area contributed by atoms with Gasteiger partial charge in [-0.2, -0.15) is 0 Å². The van der Waals surface area contributed by atoms with E-state index in [1.165, 1.54) is 18.4 Å². The van der Waals surface area contributed by atoms with E-state index in [-0.39, 0.29) is 0 Å². The lowest BCUT2D eigenvalue weighted by molar-refractivity contribution is 0.374. The van der Waals surface area contributed by atoms with E-state index in [0.717, 1.165) is 12.5 Å². The maximum atomic E-state index is 4.51. The minimum Gasteiger partial charge on any atom is -0.239 e. The van der Waals surface area contributed by atoms with Crippen LogP contribution >= 0.6 is 0 Å². The number of benzene rings is 1. The Hall–Kier alpha value is -0.820. The van der Waals surface area contributed by atoms with E-state index in [1.807, 2.05) is 0 Å². The van der Waals surface area contributed by atoms with Crippen molar-refractivity contribution in [2.45, 2.75) is 31.7 Å². The summed E-state index contributed by atoms with van der Waals surface area (Å²) in [5.41, 5.74) is 1.49. The first-order valence-corrected chi connectivity index (χ1v) is 5.08. The second-order valence-electron chi connectivity index (χ2n) is 3.89. The monoisotopic (exact) mass is 174 g/mol. The van der Waals surface area contributed by atoms with Crippen LogP contribution in [0.5, 0.6) is 0 Å². The van der Waals surface area contributed by atoms with Gasteiger partial charge in [0, 0.05) is 12.6 Å². The Balaban J connectivity index is 2.08. The molecule has 1 fully saturated rings. The molecule has 0 aliphatic carbocycles. The predicted molar refractivity (Wildman–Crippen MR) is 54.9 cm³/mol. The molecular formula is C12H16N. The number of hydrogen-bond acceptors (Lipinski definition) is 0. The molecule has 13 heavy (non-hydrogen) atoms. The van der Waals surface area contributed by atoms with Crippen molar-refractivity contribution >= 4 is 0 Å². The van der Waals surface area contributed by atoms with Crippen LogP contribution in [0.1, 0.15) is 31.2 Å². The van der Waals surface area contributed by atoms with Gasteiger partial charge in [0.2, 0.25) is 0 Å². The van der Waals surface area contributed by atoms with E-state index in [4.69, 9.17) is 0 Å². The van der Waals surface area contributed by atoms with Crippen molar-refractivity contribution in [1.29, 1.82) is 0 Å². The first kappa shape index (κ1) is 8.76. The fourth-order valence-electron chi connectivity index (χ4n) is 2.08. The molecule has 1 radical (unpaired) electrons. The lowest BCUT2D eigenvalue weighted by Gasteiger charge is -2.26. The van der Waals surface area contributed by atoms with E-state index in [2.05, 4.69) is 42.6 Å². The third-order valence-corrected chi connectivity index (χ3v) is 2.81. The SMILES string of the molecule is CC1CC(c2ccccc2)CC[N]1. The summed E-state index contributed by atoms with van der Waals surface area (Å²) in [7, 11) is 0. The zero-order chi connectivity index (χ0) is 9.10. The van der Waals surface area contributed by atoms with Gasteiger partial charge in [-0.05, 0) is 31.2 Å². The normalized spacial score (nSPS) is 28.7. The van der Waals surface area contributed by atoms with Crippen molar-refractivity contribution in [3.05, 3.63) is 35.9 Å². The number of nitrogens with zero attached hydrogens (tertiary/aromatic N) is 1. The van der Waals surface area contributed by atoms with Crippen LogP contribution in [0.15, 0.2) is 30.3 Å². The number of hydrogen-bond donors (Lipinski definition) is 0. The summed E-state index contributed by atoms with van der Waals surface area (Å²) in [6.07, 6.45) is 2.46. The average molecular weight is 174 g/mol. The Morgan fingerprint density at radius 1 is 1.23 bits per heavy atom. The summed E-state index contributed by atoms with van der Waals surface area (Å²) >= 11 is 0. The van der Waals surface area contributed by atoms with Gasteiger partial charge in [-0.3, -0.25) is 0 Å². The highest BCUT2D eigenvalue weighted by Crippen LogP contribution is 2.27. The van der Waals surface area contributed by atoms with Gasteiger partial charge in [-0.25, -0.2) is 5.32 Å². The Labute approximate surface area is 80.2 Å². The van der Waals surface area contributed by atoms with Gasteiger partial charge in [0.25, 0.3) is 0 Å². The Morgan fingerprint density at radius 2 is 2.00 bits per heavy atom. The zero-order valence-corrected chi connectivity index (χ0v) is 8.11. The van der Waals surface area contributed by atoms with Gasteiger partial charge in [0.15, 0.2) is 0 Å². The lowest BCUT2D eigenvalue weighted by Crippen LogP contribution is -2.29. The summed E-state index contributed by atoms with van der Waals surface area (Å²) < 4.78 is 0. The molecule has 1 nitrogen and oxygen atoms in total. The quantitative estimate of drug-likeness (QED) is 0.621. The van der Waals surface area contributed by atoms with Gasteiger partial charge < -0.3 is 0 Å². The largest absolute Gasteiger partial charge is 0.239 e. The predicted octanol–water partition coefficient (Wildman–Crippen LogP) is 2.56. The molecule has 0 saturated carbocycles. The maximum absolute atomic E-state index is 4.51. The molecule has 1 heterocycles. The molecule has 2 rings (SSSR count). The van der Waals surface area contributed by atoms with Gasteiger partial charge in [0.1, 0.15) is 0 Å². The van der Waals surface area contributed by atoms with Gasteiger partial charge in [-0.1, -0.05) is 30.3 Å². The summed E-state index contributed by atoms with van der Waals surface area (Å²) in [6.45, 7) is 3.26. The van der Waals surface area contributed by atoms with E-state index < -0.39 is 0 Å². The van der Waals surface area contributed by atoms with E-state index >= 15 is 0 Å². The van der Waals surface area contributed by atoms with Crippen molar-refractivity contribution in [1.82, 2.24) is 5.32 Å². The minimum absolute atomic E-state index is 0.555. The first-order chi connectivity index (χ1) is 6.36. The number of piperidine rings is 1. The minimum atomic E-state index is 0.555. The molecule has 1 aromatic rings. The molecule has 0 bridgehead atoms. The smallest absolute Gasteiger partial charge is 0.0223 e. The van der Waals surface area contributed by atoms with Crippen LogP contribution in [0.25, 0.3) is 0 Å². The molecule has 2 atom stereocenters. The topological polar surface area (TPSA) is 14.1 Å². The second kappa shape index (κ2) is 3.93. The molecular weight excluding hydrogens is 158 g/mol. The van der Waals surface area contributed by atoms with Crippen LogP contribution in [0.3, 0.4) is 0 Å². The van der Waals surface area contributed by atoms with Crippen LogP contribution < -0.4 is 5.32 Å². The average Bonchev–Trinajstić information content (AvgIpc) is 2.19. The zero-order valence-electron chi connectivity index (χ0n) is 8.11. The summed E-state index contributed by atoms with van der Waals surface area (Å²) in [4.78, 5) is 0. The van der Waals surface area contributed by atoms with Gasteiger partial charge in [0.05, 0.1) is 0 Å². The highest BCUT2D eigenvalue weighted by atomic mass is 14.9. The highest BCUT2D eigenvalue weighted by Gasteiger charge is 2.19. The van der Waals surface area contributed by atoms with Crippen molar-refractivity contribution in [3.8, 4) is 0 Å². The first-order valence-electron chi connectivity index (χ1n) is 5.08. The van der Waals surface area contributed by atoms with E-state index in [9.17, 15) is 0 Å². The van der Waals surface area contributed by atoms with E-state index in [1.54, 1.807) is 0 Å². The fourth-order valence-corrected chi connectivity index (χ4v) is 2.08. The van der Waals surface area contributed by atoms with Crippen LogP contribution in [-0.4, -0.2) is 12.6 Å². The highest BCUT2D eigenvalue weighted by molar-refractivity contribution is 5.20. The molecule has 2 unspecified atom stereocenters. The Morgan fingerprint density at radius 3 is 2.69 bits per heavy atom. The second-order valence-corrected chi connectivity index (χ2v) is 3.89. The lowest BCUT2D eigenvalue weighted by atomic mass is 9.87. The molecule has 1 aliphatic rings. The Kier molecular flexibility index (Phi) is 2.65. The molecule has 1 aliphatic heterocycles. The molecule has 0 spiro atoms. The fraction of sp³-hybridized carbons (Fsp3) is 0.500. The molecule has 1 aromatic carbocycles. The third-order valence-electron chi connectivity index (χ3n) is 2.81. The van der Waals surface area contributed by atoms with Crippen LogP contribution in [0.4, 0.5) is 0 Å². The molecule has 0 N–H and O–H groups in total. The molecule has 1 saturated heterocycles. The van der Waals surface area contributed by atoms with Crippen LogP contribution in [-0.2, 0) is 0 Å². The summed E-state index contributed by atoms with van der Waals surface area (Å²) in [5.74, 6) is 0.744. The van der Waals surface area contributed by atoms with Gasteiger partial charge >= 0.3 is 0 Å². The standard InChI is InChI=1S/C12H16N/c1-10-9-12(7-8-13-10)11-5-3-2-4-6-11/h2-6,10,12H,7-9H2,1H3. The van der Waals surface area contributed by atoms with Crippen molar-refractivity contribution in [2.24, 2.45) is 0 Å². The van der Waals surface area contributed by atoms with Crippen molar-refractivity contribution < 1.29 is 0 Å². The van der Waals surface area contributed by atoms with Crippen LogP contribution in [0.2, 0.25) is 0 Å². The van der Waals surface area contributed by atoms with E-state index in [0.29, 0.717) is 6.04 Å². The summed E-state index contributed by atoms with van der Waals surface area (Å²) in [5, 5.41) is 4.51. The molecule has 0 aromatic heterocycles. The summed E-state index contributed by atoms with van der Waals surface area (Å²) in [6, 6.07) is 11.4. The Bertz CT molecular complexity index is 255. The van der Waals surface area contributed by atoms with Gasteiger partial charge in [-0.15, -0.1) is 0 Å². The maximum Gasteiger partial charge on any atom is 0.0223 e. The number of rotatable bonds is 1. The van der Waals surface area contributed by atoms with Crippen molar-refractivity contribution in [2.75, 3.05) is 6.54 Å². The van der Waals surface area contributed by atoms with Crippen LogP contribution in [0, 0.1) is 0 Å². The van der Waals surface area contributed by atoms with Crippen molar-refractivity contribution in [3.63, 3.8) is 0 Å². The molecule has 1 heteroatoms. The molecule has 0 amide bonds. The molecule has 69 valence electrons. The third kappa shape index (κ3) is 2.10.